The molecule has 192 valence electrons. The summed E-state index contributed by atoms with van der Waals surface area (Å²) in [7, 11) is 0. The quantitative estimate of drug-likeness (QED) is 0.509. The van der Waals surface area contributed by atoms with Gasteiger partial charge in [-0.3, -0.25) is 14.4 Å². The number of aliphatic hydroxyl groups is 1. The molecule has 0 spiro atoms. The molecule has 5 rings (SSSR count). The minimum atomic E-state index is -1.00. The van der Waals surface area contributed by atoms with E-state index in [0.29, 0.717) is 13.0 Å². The van der Waals surface area contributed by atoms with Crippen LogP contribution in [0.4, 0.5) is 11.4 Å². The van der Waals surface area contributed by atoms with Crippen LogP contribution in [0.5, 0.6) is 0 Å². The first-order chi connectivity index (χ1) is 17.9. The van der Waals surface area contributed by atoms with E-state index in [-0.39, 0.29) is 70.5 Å². The fraction of sp³-hybridized carbons (Fsp3) is 0.480. The summed E-state index contributed by atoms with van der Waals surface area (Å²) in [6.07, 6.45) is 2.28. The average Bonchev–Trinajstić information content (AvgIpc) is 2.90. The number of ether oxygens (including phenoxy) is 2. The Balaban J connectivity index is 1.77. The van der Waals surface area contributed by atoms with Crippen molar-refractivity contribution in [3.05, 3.63) is 54.2 Å². The number of carbonyl (C=O) groups is 3. The molecule has 37 heavy (non-hydrogen) atoms. The molecule has 1 aromatic carbocycles. The zero-order valence-corrected chi connectivity index (χ0v) is 19.7. The smallest absolute Gasteiger partial charge is 0.196 e. The van der Waals surface area contributed by atoms with Gasteiger partial charge in [-0.1, -0.05) is 11.3 Å². The number of nitroso groups, excluding NO2 is 3. The van der Waals surface area contributed by atoms with Gasteiger partial charge < -0.3 is 14.6 Å². The highest BCUT2D eigenvalue weighted by atomic mass is 16.7. The number of fused-ring (bicyclic) bond motifs is 3. The van der Waals surface area contributed by atoms with E-state index in [0.717, 1.165) is 12.8 Å². The van der Waals surface area contributed by atoms with Gasteiger partial charge in [0.05, 0.1) is 22.8 Å². The van der Waals surface area contributed by atoms with Crippen molar-refractivity contribution in [2.45, 2.75) is 57.3 Å². The summed E-state index contributed by atoms with van der Waals surface area (Å²) in [5, 5.41) is 20.0. The Morgan fingerprint density at radius 2 is 1.89 bits per heavy atom. The number of carbonyl (C=O) groups excluding carboxylic acids is 3. The Hall–Kier alpha value is -3.77. The first kappa shape index (κ1) is 24.9. The van der Waals surface area contributed by atoms with E-state index in [9.17, 15) is 34.2 Å². The molecule has 2 unspecified atom stereocenters. The average molecular weight is 509 g/mol. The van der Waals surface area contributed by atoms with Gasteiger partial charge in [-0.25, -0.2) is 0 Å². The van der Waals surface area contributed by atoms with Gasteiger partial charge in [0.2, 0.25) is 0 Å². The van der Waals surface area contributed by atoms with Crippen molar-refractivity contribution in [3.63, 3.8) is 0 Å². The third kappa shape index (κ3) is 4.05. The summed E-state index contributed by atoms with van der Waals surface area (Å²) >= 11 is 0. The second-order valence-corrected chi connectivity index (χ2v) is 9.47. The van der Waals surface area contributed by atoms with Gasteiger partial charge in [0, 0.05) is 30.1 Å². The summed E-state index contributed by atoms with van der Waals surface area (Å²) in [4.78, 5) is 74.1. The van der Waals surface area contributed by atoms with Crippen LogP contribution in [0.2, 0.25) is 0 Å². The number of Topliss-reactive ketones (excluding diaryl/α,β-unsaturated/α-hetero) is 3. The first-order valence-electron chi connectivity index (χ1n) is 12.1. The highest BCUT2D eigenvalue weighted by Gasteiger charge is 2.45. The molecule has 0 radical (unpaired) electrons. The van der Waals surface area contributed by atoms with Crippen molar-refractivity contribution in [1.29, 1.82) is 0 Å². The lowest BCUT2D eigenvalue weighted by Gasteiger charge is -2.36. The Morgan fingerprint density at radius 1 is 1.11 bits per heavy atom. The summed E-state index contributed by atoms with van der Waals surface area (Å²) in [5.74, 6) is -3.14. The molecule has 1 fully saturated rings. The lowest BCUT2D eigenvalue weighted by molar-refractivity contribution is -0.194. The molecule has 4 aliphatic rings. The SMILES string of the molecule is O=NCC(=O)C1Cc2c(N=O)c3c(c(N=O)c2[C@@H](OC2CCCCO2)C1)C(O)=C1C(=O)CCC=C1C3=O. The number of nitrogens with zero attached hydrogens (tertiary/aromatic N) is 3. The zero-order valence-electron chi connectivity index (χ0n) is 19.7. The van der Waals surface area contributed by atoms with Crippen LogP contribution >= 0.6 is 0 Å². The van der Waals surface area contributed by atoms with E-state index in [2.05, 4.69) is 15.5 Å². The van der Waals surface area contributed by atoms with Gasteiger partial charge in [0.25, 0.3) is 0 Å². The molecule has 1 saturated heterocycles. The molecule has 1 heterocycles. The fourth-order valence-corrected chi connectivity index (χ4v) is 5.71. The maximum absolute atomic E-state index is 13.5. The third-order valence-electron chi connectivity index (χ3n) is 7.39. The normalized spacial score (nSPS) is 25.0. The molecule has 12 heteroatoms. The number of aliphatic hydroxyl groups excluding tert-OH is 1. The maximum atomic E-state index is 13.5. The predicted octanol–water partition coefficient (Wildman–Crippen LogP) is 4.72. The maximum Gasteiger partial charge on any atom is 0.196 e. The number of hydrogen-bond donors (Lipinski definition) is 1. The monoisotopic (exact) mass is 509 g/mol. The summed E-state index contributed by atoms with van der Waals surface area (Å²) in [5.41, 5.74) is -1.48. The summed E-state index contributed by atoms with van der Waals surface area (Å²) in [6, 6.07) is 0. The Labute approximate surface area is 210 Å². The standard InChI is InChI=1S/C25H23N3O9/c29-14-5-3-4-12-18(14)25(32)21-20(24(12)31)22(27-34)13-8-11(15(30)10-26-33)9-16(19(13)23(21)28-35)37-17-6-1-2-7-36-17/h4,11,16-17,32H,1-3,5-10H2/t11?,16-,17?/m0/s1. The van der Waals surface area contributed by atoms with Gasteiger partial charge in [0.15, 0.2) is 23.6 Å². The van der Waals surface area contributed by atoms with Crippen molar-refractivity contribution in [2.75, 3.05) is 13.2 Å². The number of hydrogen-bond acceptors (Lipinski definition) is 12. The Kier molecular flexibility index (Phi) is 6.69. The summed E-state index contributed by atoms with van der Waals surface area (Å²) < 4.78 is 11.8. The van der Waals surface area contributed by atoms with Crippen LogP contribution in [-0.4, -0.2) is 41.9 Å². The van der Waals surface area contributed by atoms with Crippen molar-refractivity contribution >= 4 is 34.5 Å². The topological polar surface area (TPSA) is 178 Å². The third-order valence-corrected chi connectivity index (χ3v) is 7.39. The number of rotatable bonds is 7. The molecule has 3 atom stereocenters. The second-order valence-electron chi connectivity index (χ2n) is 9.47. The molecule has 1 aromatic rings. The minimum absolute atomic E-state index is 0.0240. The lowest BCUT2D eigenvalue weighted by Crippen LogP contribution is -2.33. The predicted molar refractivity (Wildman–Crippen MR) is 128 cm³/mol. The Bertz CT molecular complexity index is 1310. The molecular formula is C25H23N3O9. The van der Waals surface area contributed by atoms with E-state index in [1.165, 1.54) is 6.08 Å². The van der Waals surface area contributed by atoms with E-state index < -0.39 is 48.0 Å². The molecule has 0 aromatic heterocycles. The number of benzene rings is 1. The fourth-order valence-electron chi connectivity index (χ4n) is 5.71. The van der Waals surface area contributed by atoms with Gasteiger partial charge in [0.1, 0.15) is 23.7 Å². The first-order valence-corrected chi connectivity index (χ1v) is 12.1. The van der Waals surface area contributed by atoms with Crippen molar-refractivity contribution in [1.82, 2.24) is 0 Å². The van der Waals surface area contributed by atoms with Crippen LogP contribution in [0.1, 0.15) is 71.7 Å². The van der Waals surface area contributed by atoms with E-state index in [4.69, 9.17) is 9.47 Å². The van der Waals surface area contributed by atoms with Crippen LogP contribution < -0.4 is 0 Å². The van der Waals surface area contributed by atoms with Crippen LogP contribution in [0.15, 0.2) is 32.8 Å². The van der Waals surface area contributed by atoms with E-state index in [1.807, 2.05) is 0 Å². The van der Waals surface area contributed by atoms with Crippen molar-refractivity contribution < 1.29 is 29.0 Å². The molecular weight excluding hydrogens is 486 g/mol. The molecule has 0 bridgehead atoms. The highest BCUT2D eigenvalue weighted by Crippen LogP contribution is 2.54. The van der Waals surface area contributed by atoms with Crippen LogP contribution in [0.3, 0.4) is 0 Å². The van der Waals surface area contributed by atoms with Gasteiger partial charge in [-0.15, -0.1) is 9.81 Å². The van der Waals surface area contributed by atoms with Gasteiger partial charge in [-0.2, -0.15) is 4.91 Å². The lowest BCUT2D eigenvalue weighted by atomic mass is 9.72. The molecule has 1 aliphatic heterocycles. The number of ketones is 3. The van der Waals surface area contributed by atoms with Crippen LogP contribution in [0, 0.1) is 20.6 Å². The minimum Gasteiger partial charge on any atom is -0.506 e. The van der Waals surface area contributed by atoms with Crippen LogP contribution in [-0.2, 0) is 25.5 Å². The summed E-state index contributed by atoms with van der Waals surface area (Å²) in [6.45, 7) is -0.147. The second kappa shape index (κ2) is 9.94. The molecule has 1 N–H and O–H groups in total. The molecule has 3 aliphatic carbocycles. The van der Waals surface area contributed by atoms with Crippen molar-refractivity contribution in [3.8, 4) is 0 Å². The van der Waals surface area contributed by atoms with Crippen molar-refractivity contribution in [2.24, 2.45) is 21.4 Å². The Morgan fingerprint density at radius 3 is 2.57 bits per heavy atom. The van der Waals surface area contributed by atoms with Gasteiger partial charge in [-0.05, 0) is 54.4 Å². The highest BCUT2D eigenvalue weighted by molar-refractivity contribution is 6.28. The number of allylic oxidation sites excluding steroid dienone is 3. The van der Waals surface area contributed by atoms with Gasteiger partial charge >= 0.3 is 0 Å². The largest absolute Gasteiger partial charge is 0.506 e. The van der Waals surface area contributed by atoms with E-state index >= 15 is 0 Å². The van der Waals surface area contributed by atoms with Crippen LogP contribution in [0.25, 0.3) is 5.76 Å². The molecule has 0 amide bonds. The van der Waals surface area contributed by atoms with E-state index in [1.54, 1.807) is 0 Å². The molecule has 12 nitrogen and oxygen atoms in total. The zero-order chi connectivity index (χ0) is 26.3. The molecule has 0 saturated carbocycles.